The molecule has 0 bridgehead atoms. The lowest BCUT2D eigenvalue weighted by Gasteiger charge is -2.25. The molecule has 0 aromatic heterocycles. The molecule has 2 atom stereocenters. The average molecular weight is 513 g/mol. The highest BCUT2D eigenvalue weighted by atomic mass is 16.5. The van der Waals surface area contributed by atoms with Crippen LogP contribution in [0.1, 0.15) is 43.0 Å². The maximum Gasteiger partial charge on any atom is 0.309 e. The average Bonchev–Trinajstić information content (AvgIpc) is 3.44. The molecule has 2 amide bonds. The number of rotatable bonds is 10. The highest BCUT2D eigenvalue weighted by Gasteiger charge is 2.36. The van der Waals surface area contributed by atoms with Gasteiger partial charge in [-0.25, -0.2) is 0 Å². The van der Waals surface area contributed by atoms with Crippen LogP contribution in [0, 0.1) is 5.92 Å². The molecule has 1 aliphatic heterocycles. The van der Waals surface area contributed by atoms with Crippen LogP contribution in [0.3, 0.4) is 0 Å². The molecule has 1 fully saturated rings. The summed E-state index contributed by atoms with van der Waals surface area (Å²) >= 11 is 0. The second kappa shape index (κ2) is 12.8. The van der Waals surface area contributed by atoms with Gasteiger partial charge in [0, 0.05) is 30.6 Å². The molecule has 3 aromatic carbocycles. The van der Waals surface area contributed by atoms with Crippen molar-refractivity contribution in [2.24, 2.45) is 5.92 Å². The van der Waals surface area contributed by atoms with Crippen molar-refractivity contribution in [3.05, 3.63) is 90.5 Å². The summed E-state index contributed by atoms with van der Waals surface area (Å²) in [4.78, 5) is 53.5. The van der Waals surface area contributed by atoms with Gasteiger partial charge in [0.25, 0.3) is 0 Å². The fourth-order valence-electron chi connectivity index (χ4n) is 4.73. The van der Waals surface area contributed by atoms with Crippen molar-refractivity contribution in [1.82, 2.24) is 4.90 Å². The molecule has 1 heterocycles. The predicted molar refractivity (Wildman–Crippen MR) is 145 cm³/mol. The van der Waals surface area contributed by atoms with Gasteiger partial charge < -0.3 is 15.0 Å². The third kappa shape index (κ3) is 6.73. The first-order valence-electron chi connectivity index (χ1n) is 13.0. The quantitative estimate of drug-likeness (QED) is 0.300. The van der Waals surface area contributed by atoms with Gasteiger partial charge in [0.2, 0.25) is 11.8 Å². The lowest BCUT2D eigenvalue weighted by Crippen LogP contribution is -2.44. The SMILES string of the molecule is CCOC(=O)C(CC(=O)c1ccc(-c2ccccc2)cc1)CC(=O)N1CCCC1C(=O)Nc1ccccc1. The molecule has 2 unspecified atom stereocenters. The normalized spacial score (nSPS) is 15.5. The molecular formula is C31H32N2O5. The summed E-state index contributed by atoms with van der Waals surface area (Å²) < 4.78 is 5.19. The number of ether oxygens (including phenoxy) is 1. The lowest BCUT2D eigenvalue weighted by molar-refractivity contribution is -0.151. The van der Waals surface area contributed by atoms with E-state index in [1.807, 2.05) is 60.7 Å². The first kappa shape index (κ1) is 26.8. The number of nitrogens with one attached hydrogen (secondary N) is 1. The summed E-state index contributed by atoms with van der Waals surface area (Å²) in [5, 5.41) is 2.86. The minimum atomic E-state index is -0.929. The Balaban J connectivity index is 1.42. The molecule has 0 radical (unpaired) electrons. The number of Topliss-reactive ketones (excluding diaryl/α,β-unsaturated/α-hetero) is 1. The van der Waals surface area contributed by atoms with E-state index in [-0.39, 0.29) is 37.0 Å². The maximum absolute atomic E-state index is 13.3. The maximum atomic E-state index is 13.3. The van der Waals surface area contributed by atoms with Gasteiger partial charge in [-0.15, -0.1) is 0 Å². The van der Waals surface area contributed by atoms with Gasteiger partial charge in [-0.2, -0.15) is 0 Å². The van der Waals surface area contributed by atoms with Crippen molar-refractivity contribution in [2.45, 2.75) is 38.6 Å². The zero-order valence-corrected chi connectivity index (χ0v) is 21.5. The largest absolute Gasteiger partial charge is 0.466 e. The Morgan fingerprint density at radius 1 is 0.868 bits per heavy atom. The number of carbonyl (C=O) groups excluding carboxylic acids is 4. The van der Waals surface area contributed by atoms with Crippen LogP contribution in [0.15, 0.2) is 84.9 Å². The molecular weight excluding hydrogens is 480 g/mol. The van der Waals surface area contributed by atoms with Crippen LogP contribution in [0.4, 0.5) is 5.69 Å². The van der Waals surface area contributed by atoms with Crippen LogP contribution in [-0.2, 0) is 19.1 Å². The predicted octanol–water partition coefficient (Wildman–Crippen LogP) is 5.13. The molecule has 7 nitrogen and oxygen atoms in total. The van der Waals surface area contributed by atoms with Crippen LogP contribution < -0.4 is 5.32 Å². The zero-order chi connectivity index (χ0) is 26.9. The summed E-state index contributed by atoms with van der Waals surface area (Å²) in [6, 6.07) is 25.5. The number of nitrogens with zero attached hydrogens (tertiary/aromatic N) is 1. The summed E-state index contributed by atoms with van der Waals surface area (Å²) in [5.74, 6) is -2.35. The van der Waals surface area contributed by atoms with Crippen LogP contribution in [0.25, 0.3) is 11.1 Å². The van der Waals surface area contributed by atoms with Gasteiger partial charge in [0.1, 0.15) is 6.04 Å². The van der Waals surface area contributed by atoms with Crippen molar-refractivity contribution in [3.63, 3.8) is 0 Å². The molecule has 0 saturated carbocycles. The number of para-hydroxylation sites is 1. The number of hydrogen-bond donors (Lipinski definition) is 1. The third-order valence-electron chi connectivity index (χ3n) is 6.70. The smallest absolute Gasteiger partial charge is 0.309 e. The van der Waals surface area contributed by atoms with Crippen LogP contribution in [-0.4, -0.2) is 47.7 Å². The molecule has 1 saturated heterocycles. The molecule has 1 N–H and O–H groups in total. The topological polar surface area (TPSA) is 92.8 Å². The Hall–Kier alpha value is -4.26. The molecule has 7 heteroatoms. The van der Waals surface area contributed by atoms with Gasteiger partial charge in [-0.1, -0.05) is 72.8 Å². The molecule has 38 heavy (non-hydrogen) atoms. The van der Waals surface area contributed by atoms with Crippen molar-refractivity contribution >= 4 is 29.3 Å². The van der Waals surface area contributed by atoms with Crippen molar-refractivity contribution in [2.75, 3.05) is 18.5 Å². The monoisotopic (exact) mass is 512 g/mol. The van der Waals surface area contributed by atoms with Gasteiger partial charge in [0.15, 0.2) is 5.78 Å². The Bertz CT molecular complexity index is 1260. The van der Waals surface area contributed by atoms with Crippen LogP contribution >= 0.6 is 0 Å². The Labute approximate surface area is 222 Å². The number of likely N-dealkylation sites (tertiary alicyclic amines) is 1. The lowest BCUT2D eigenvalue weighted by atomic mass is 9.93. The highest BCUT2D eigenvalue weighted by molar-refractivity contribution is 6.00. The number of carbonyl (C=O) groups is 4. The third-order valence-corrected chi connectivity index (χ3v) is 6.70. The second-order valence-electron chi connectivity index (χ2n) is 9.32. The van der Waals surface area contributed by atoms with E-state index in [2.05, 4.69) is 5.32 Å². The Kier molecular flexibility index (Phi) is 9.03. The van der Waals surface area contributed by atoms with Gasteiger partial charge in [-0.05, 0) is 43.0 Å². The fourth-order valence-corrected chi connectivity index (χ4v) is 4.73. The molecule has 196 valence electrons. The first-order valence-corrected chi connectivity index (χ1v) is 13.0. The fraction of sp³-hybridized carbons (Fsp3) is 0.290. The highest BCUT2D eigenvalue weighted by Crippen LogP contribution is 2.25. The summed E-state index contributed by atoms with van der Waals surface area (Å²) in [6.45, 7) is 2.26. The minimum Gasteiger partial charge on any atom is -0.466 e. The van der Waals surface area contributed by atoms with Crippen molar-refractivity contribution < 1.29 is 23.9 Å². The van der Waals surface area contributed by atoms with E-state index < -0.39 is 17.9 Å². The zero-order valence-electron chi connectivity index (χ0n) is 21.5. The first-order chi connectivity index (χ1) is 18.5. The number of hydrogen-bond acceptors (Lipinski definition) is 5. The summed E-state index contributed by atoms with van der Waals surface area (Å²) in [6.07, 6.45) is 0.891. The minimum absolute atomic E-state index is 0.148. The second-order valence-corrected chi connectivity index (χ2v) is 9.32. The van der Waals surface area contributed by atoms with Gasteiger partial charge >= 0.3 is 5.97 Å². The Morgan fingerprint density at radius 2 is 1.50 bits per heavy atom. The van der Waals surface area contributed by atoms with E-state index in [1.165, 1.54) is 4.90 Å². The molecule has 0 spiro atoms. The number of amides is 2. The molecule has 0 aliphatic carbocycles. The van der Waals surface area contributed by atoms with Gasteiger partial charge in [0.05, 0.1) is 12.5 Å². The van der Waals surface area contributed by atoms with Crippen LogP contribution in [0.2, 0.25) is 0 Å². The molecule has 1 aliphatic rings. The van der Waals surface area contributed by atoms with E-state index in [9.17, 15) is 19.2 Å². The van der Waals surface area contributed by atoms with E-state index >= 15 is 0 Å². The van der Waals surface area contributed by atoms with E-state index in [1.54, 1.807) is 31.2 Å². The van der Waals surface area contributed by atoms with E-state index in [0.29, 0.717) is 30.6 Å². The van der Waals surface area contributed by atoms with Crippen molar-refractivity contribution in [1.29, 1.82) is 0 Å². The van der Waals surface area contributed by atoms with E-state index in [0.717, 1.165) is 11.1 Å². The number of benzene rings is 3. The number of esters is 1. The Morgan fingerprint density at radius 3 is 2.16 bits per heavy atom. The van der Waals surface area contributed by atoms with Crippen molar-refractivity contribution in [3.8, 4) is 11.1 Å². The summed E-state index contributed by atoms with van der Waals surface area (Å²) in [5.41, 5.74) is 3.14. The molecule has 4 rings (SSSR count). The van der Waals surface area contributed by atoms with Crippen LogP contribution in [0.5, 0.6) is 0 Å². The summed E-state index contributed by atoms with van der Waals surface area (Å²) in [7, 11) is 0. The molecule has 3 aromatic rings. The van der Waals surface area contributed by atoms with E-state index in [4.69, 9.17) is 4.74 Å². The number of ketones is 1. The number of anilines is 1. The van der Waals surface area contributed by atoms with Gasteiger partial charge in [-0.3, -0.25) is 19.2 Å². The standard InChI is InChI=1S/C31H32N2O5/c1-2-38-31(37)25(20-28(34)24-17-15-23(16-18-24)22-10-5-3-6-11-22)21-29(35)33-19-9-14-27(33)30(36)32-26-12-7-4-8-13-26/h3-8,10-13,15-18,25,27H,2,9,14,19-21H2,1H3,(H,32,36).